The number of benzene rings is 1. The number of carbonyl (C=O) groups is 2. The molecule has 5 heteroatoms. The van der Waals surface area contributed by atoms with E-state index in [9.17, 15) is 9.59 Å². The minimum absolute atomic E-state index is 0.0261. The van der Waals surface area contributed by atoms with E-state index in [2.05, 4.69) is 35.5 Å². The first-order chi connectivity index (χ1) is 16.3. The topological polar surface area (TPSA) is 61.2 Å². The van der Waals surface area contributed by atoms with E-state index in [4.69, 9.17) is 4.74 Å². The van der Waals surface area contributed by atoms with Gasteiger partial charge in [-0.2, -0.15) is 0 Å². The Morgan fingerprint density at radius 2 is 1.91 bits per heavy atom. The molecule has 0 amide bonds. The first-order valence-electron chi connectivity index (χ1n) is 12.8. The minimum atomic E-state index is -0.172. The molecule has 0 radical (unpaired) electrons. The van der Waals surface area contributed by atoms with Crippen molar-refractivity contribution in [2.45, 2.75) is 71.8 Å². The van der Waals surface area contributed by atoms with Gasteiger partial charge in [0.1, 0.15) is 18.7 Å². The molecule has 4 aliphatic rings. The highest BCUT2D eigenvalue weighted by Gasteiger charge is 2.58. The van der Waals surface area contributed by atoms with Crippen LogP contribution in [0.15, 0.2) is 47.8 Å². The zero-order valence-electron chi connectivity index (χ0n) is 20.4. The molecule has 178 valence electrons. The molecule has 0 saturated heterocycles. The molecule has 0 spiro atoms. The van der Waals surface area contributed by atoms with Gasteiger partial charge in [0.15, 0.2) is 0 Å². The van der Waals surface area contributed by atoms with Gasteiger partial charge in [0.2, 0.25) is 0 Å². The molecule has 0 aliphatic heterocycles. The number of nitrogens with zero attached hydrogens (tertiary/aromatic N) is 2. The highest BCUT2D eigenvalue weighted by molar-refractivity contribution is 5.90. The van der Waals surface area contributed by atoms with Crippen molar-refractivity contribution in [3.8, 4) is 0 Å². The second-order valence-corrected chi connectivity index (χ2v) is 11.5. The van der Waals surface area contributed by atoms with Gasteiger partial charge in [0.25, 0.3) is 0 Å². The van der Waals surface area contributed by atoms with Gasteiger partial charge in [0.05, 0.1) is 11.0 Å². The lowest BCUT2D eigenvalue weighted by molar-refractivity contribution is -0.148. The van der Waals surface area contributed by atoms with Gasteiger partial charge < -0.3 is 9.30 Å². The number of fused-ring (bicyclic) bond motifs is 6. The minimum Gasteiger partial charge on any atom is -0.462 e. The first-order valence-corrected chi connectivity index (χ1v) is 12.8. The van der Waals surface area contributed by atoms with Crippen LogP contribution < -0.4 is 0 Å². The maximum atomic E-state index is 12.4. The molecule has 34 heavy (non-hydrogen) atoms. The van der Waals surface area contributed by atoms with Crippen LogP contribution in [0.4, 0.5) is 0 Å². The number of esters is 1. The maximum Gasteiger partial charge on any atom is 0.302 e. The number of para-hydroxylation sites is 2. The van der Waals surface area contributed by atoms with Crippen molar-refractivity contribution in [1.29, 1.82) is 0 Å². The number of aromatic nitrogens is 2. The number of aldehydes is 1. The summed E-state index contributed by atoms with van der Waals surface area (Å²) in [5.41, 5.74) is 5.83. The van der Waals surface area contributed by atoms with Crippen LogP contribution in [0.3, 0.4) is 0 Å². The Bertz CT molecular complexity index is 1240. The molecular weight excluding hydrogens is 424 g/mol. The van der Waals surface area contributed by atoms with E-state index in [0.717, 1.165) is 61.4 Å². The van der Waals surface area contributed by atoms with Crippen molar-refractivity contribution in [3.63, 3.8) is 0 Å². The van der Waals surface area contributed by atoms with E-state index in [1.807, 2.05) is 24.5 Å². The van der Waals surface area contributed by atoms with Gasteiger partial charge in [-0.25, -0.2) is 4.98 Å². The summed E-state index contributed by atoms with van der Waals surface area (Å²) in [5, 5.41) is 0. The normalized spacial score (nSPS) is 37.0. The molecule has 1 heterocycles. The standard InChI is InChI=1S/C29H34N2O3/c1-18(33)34-21-10-12-28(2)20(15-21)8-9-22-23(28)11-13-29(3)24(22)14-19(16-32)27(29)31-17-30-25-6-4-5-7-26(25)31/h4-8,16-17,21-24H,9-15H2,1-3H3/t21-,22?,23?,24?,28-,29-/m0/s1. The SMILES string of the molecule is CC(=O)O[C@H]1CC[C@@]2(C)C(=CCC3C2CC[C@]2(C)C(n4cnc5ccccc54)=C(C=O)CC32)C1. The highest BCUT2D eigenvalue weighted by Crippen LogP contribution is 2.66. The number of hydrogen-bond acceptors (Lipinski definition) is 4. The monoisotopic (exact) mass is 458 g/mol. The van der Waals surface area contributed by atoms with E-state index in [1.165, 1.54) is 24.6 Å². The van der Waals surface area contributed by atoms with E-state index in [1.54, 1.807) is 0 Å². The van der Waals surface area contributed by atoms with Crippen LogP contribution in [-0.4, -0.2) is 27.9 Å². The molecule has 1 aromatic heterocycles. The van der Waals surface area contributed by atoms with Crippen LogP contribution in [-0.2, 0) is 14.3 Å². The molecule has 2 fully saturated rings. The van der Waals surface area contributed by atoms with E-state index in [-0.39, 0.29) is 22.9 Å². The lowest BCUT2D eigenvalue weighted by Crippen LogP contribution is -2.50. The van der Waals surface area contributed by atoms with Crippen LogP contribution in [0.25, 0.3) is 16.7 Å². The quantitative estimate of drug-likeness (QED) is 0.324. The second-order valence-electron chi connectivity index (χ2n) is 11.5. The zero-order chi connectivity index (χ0) is 23.7. The molecule has 1 aromatic carbocycles. The number of allylic oxidation sites excluding steroid dienone is 3. The zero-order valence-corrected chi connectivity index (χ0v) is 20.4. The summed E-state index contributed by atoms with van der Waals surface area (Å²) in [6.07, 6.45) is 12.6. The van der Waals surface area contributed by atoms with Crippen molar-refractivity contribution in [2.24, 2.45) is 28.6 Å². The predicted molar refractivity (Wildman–Crippen MR) is 132 cm³/mol. The summed E-state index contributed by atoms with van der Waals surface area (Å²) in [5.74, 6) is 1.48. The molecule has 4 aliphatic carbocycles. The van der Waals surface area contributed by atoms with Crippen LogP contribution in [0.1, 0.15) is 65.7 Å². The van der Waals surface area contributed by atoms with Gasteiger partial charge in [-0.15, -0.1) is 0 Å². The summed E-state index contributed by atoms with van der Waals surface area (Å²) in [7, 11) is 0. The maximum absolute atomic E-state index is 12.4. The number of imidazole rings is 1. The van der Waals surface area contributed by atoms with Crippen LogP contribution in [0.2, 0.25) is 0 Å². The molecule has 0 bridgehead atoms. The van der Waals surface area contributed by atoms with Gasteiger partial charge in [-0.05, 0) is 73.8 Å². The van der Waals surface area contributed by atoms with Crippen molar-refractivity contribution < 1.29 is 14.3 Å². The molecule has 2 aromatic rings. The average molecular weight is 459 g/mol. The number of ether oxygens (including phenoxy) is 1. The third-order valence-corrected chi connectivity index (χ3v) is 9.90. The first kappa shape index (κ1) is 21.8. The summed E-state index contributed by atoms with van der Waals surface area (Å²) >= 11 is 0. The Labute approximate surface area is 201 Å². The predicted octanol–water partition coefficient (Wildman–Crippen LogP) is 5.95. The lowest BCUT2D eigenvalue weighted by Gasteiger charge is -2.57. The lowest BCUT2D eigenvalue weighted by atomic mass is 9.47. The van der Waals surface area contributed by atoms with Crippen molar-refractivity contribution in [3.05, 3.63) is 47.8 Å². The molecule has 6 rings (SSSR count). The molecule has 3 unspecified atom stereocenters. The molecule has 6 atom stereocenters. The van der Waals surface area contributed by atoms with E-state index >= 15 is 0 Å². The second kappa shape index (κ2) is 7.66. The van der Waals surface area contributed by atoms with Crippen molar-refractivity contribution in [2.75, 3.05) is 0 Å². The third-order valence-electron chi connectivity index (χ3n) is 9.90. The Hall–Kier alpha value is -2.69. The largest absolute Gasteiger partial charge is 0.462 e. The third kappa shape index (κ3) is 3.01. The summed E-state index contributed by atoms with van der Waals surface area (Å²) in [6.45, 7) is 6.36. The fourth-order valence-corrected chi connectivity index (χ4v) is 8.33. The van der Waals surface area contributed by atoms with Crippen molar-refractivity contribution >= 4 is 29.0 Å². The summed E-state index contributed by atoms with van der Waals surface area (Å²) < 4.78 is 7.80. The molecule has 5 nitrogen and oxygen atoms in total. The van der Waals surface area contributed by atoms with Crippen molar-refractivity contribution in [1.82, 2.24) is 9.55 Å². The van der Waals surface area contributed by atoms with Gasteiger partial charge in [-0.1, -0.05) is 37.6 Å². The summed E-state index contributed by atoms with van der Waals surface area (Å²) in [4.78, 5) is 28.5. The molecule has 2 saturated carbocycles. The van der Waals surface area contributed by atoms with Gasteiger partial charge in [0, 0.05) is 30.0 Å². The Kier molecular flexibility index (Phi) is 4.91. The Morgan fingerprint density at radius 3 is 2.71 bits per heavy atom. The van der Waals surface area contributed by atoms with E-state index in [0.29, 0.717) is 17.8 Å². The number of hydrogen-bond donors (Lipinski definition) is 0. The fourth-order valence-electron chi connectivity index (χ4n) is 8.33. The number of rotatable bonds is 3. The van der Waals surface area contributed by atoms with Crippen LogP contribution in [0.5, 0.6) is 0 Å². The van der Waals surface area contributed by atoms with Crippen LogP contribution >= 0.6 is 0 Å². The molecular formula is C29H34N2O3. The highest BCUT2D eigenvalue weighted by atomic mass is 16.5. The Balaban J connectivity index is 1.35. The summed E-state index contributed by atoms with van der Waals surface area (Å²) in [6, 6.07) is 8.22. The Morgan fingerprint density at radius 1 is 1.12 bits per heavy atom. The fraction of sp³-hybridized carbons (Fsp3) is 0.552. The van der Waals surface area contributed by atoms with E-state index < -0.39 is 0 Å². The smallest absolute Gasteiger partial charge is 0.302 e. The van der Waals surface area contributed by atoms with Gasteiger partial charge >= 0.3 is 5.97 Å². The van der Waals surface area contributed by atoms with Gasteiger partial charge in [-0.3, -0.25) is 9.59 Å². The average Bonchev–Trinajstić information content (AvgIpc) is 3.36. The van der Waals surface area contributed by atoms with Crippen LogP contribution in [0, 0.1) is 28.6 Å². The molecule has 0 N–H and O–H groups in total. The number of carbonyl (C=O) groups excluding carboxylic acids is 2.